The SMILES string of the molecule is CCS(=O)(=O)N1CCCC(C(=O)NCC(C)(C)n2cccn2)C1. The van der Waals surface area contributed by atoms with Crippen molar-refractivity contribution in [1.29, 1.82) is 0 Å². The standard InChI is InChI=1S/C15H26N4O3S/c1-4-23(21,22)18-9-5-7-13(11-18)14(20)16-12-15(2,3)19-10-6-8-17-19/h6,8,10,13H,4-5,7,9,11-12H2,1-3H3,(H,16,20). The largest absolute Gasteiger partial charge is 0.353 e. The number of nitrogens with zero attached hydrogens (tertiary/aromatic N) is 3. The quantitative estimate of drug-likeness (QED) is 0.828. The van der Waals surface area contributed by atoms with E-state index in [1.165, 1.54) is 4.31 Å². The summed E-state index contributed by atoms with van der Waals surface area (Å²) in [6.45, 7) is 6.86. The summed E-state index contributed by atoms with van der Waals surface area (Å²) in [5, 5.41) is 7.16. The first-order valence-corrected chi connectivity index (χ1v) is 9.63. The maximum atomic E-state index is 12.4. The van der Waals surface area contributed by atoms with Gasteiger partial charge in [-0.15, -0.1) is 0 Å². The Bertz CT molecular complexity index is 625. The average molecular weight is 342 g/mol. The van der Waals surface area contributed by atoms with Crippen molar-refractivity contribution >= 4 is 15.9 Å². The lowest BCUT2D eigenvalue weighted by molar-refractivity contribution is -0.126. The monoisotopic (exact) mass is 342 g/mol. The molecule has 0 radical (unpaired) electrons. The Labute approximate surface area is 138 Å². The van der Waals surface area contributed by atoms with Crippen molar-refractivity contribution in [3.05, 3.63) is 18.5 Å². The molecule has 2 heterocycles. The molecule has 130 valence electrons. The molecule has 0 aliphatic carbocycles. The van der Waals surface area contributed by atoms with Gasteiger partial charge in [-0.1, -0.05) is 0 Å². The van der Waals surface area contributed by atoms with Crippen LogP contribution in [-0.4, -0.2) is 53.8 Å². The number of aromatic nitrogens is 2. The predicted molar refractivity (Wildman–Crippen MR) is 88.3 cm³/mol. The molecule has 1 amide bonds. The normalized spacial score (nSPS) is 20.4. The van der Waals surface area contributed by atoms with Gasteiger partial charge in [0.15, 0.2) is 0 Å². The third-order valence-electron chi connectivity index (χ3n) is 4.33. The minimum absolute atomic E-state index is 0.0771. The summed E-state index contributed by atoms with van der Waals surface area (Å²) >= 11 is 0. The van der Waals surface area contributed by atoms with Crippen LogP contribution in [0.5, 0.6) is 0 Å². The summed E-state index contributed by atoms with van der Waals surface area (Å²) in [5.74, 6) is -0.284. The lowest BCUT2D eigenvalue weighted by Gasteiger charge is -2.32. The molecular formula is C15H26N4O3S. The number of rotatable bonds is 6. The van der Waals surface area contributed by atoms with E-state index in [1.54, 1.807) is 13.1 Å². The topological polar surface area (TPSA) is 84.3 Å². The highest BCUT2D eigenvalue weighted by Crippen LogP contribution is 2.20. The maximum Gasteiger partial charge on any atom is 0.224 e. The Hall–Kier alpha value is -1.41. The van der Waals surface area contributed by atoms with Gasteiger partial charge >= 0.3 is 0 Å². The van der Waals surface area contributed by atoms with Gasteiger partial charge in [0.05, 0.1) is 17.2 Å². The lowest BCUT2D eigenvalue weighted by Crippen LogP contribution is -2.48. The van der Waals surface area contributed by atoms with Gasteiger partial charge in [0.1, 0.15) is 0 Å². The third kappa shape index (κ3) is 4.32. The van der Waals surface area contributed by atoms with Gasteiger partial charge in [0.25, 0.3) is 0 Å². The van der Waals surface area contributed by atoms with Gasteiger partial charge in [-0.3, -0.25) is 9.48 Å². The first-order valence-electron chi connectivity index (χ1n) is 8.02. The van der Waals surface area contributed by atoms with Crippen molar-refractivity contribution in [1.82, 2.24) is 19.4 Å². The van der Waals surface area contributed by atoms with E-state index >= 15 is 0 Å². The molecule has 1 saturated heterocycles. The van der Waals surface area contributed by atoms with E-state index in [4.69, 9.17) is 0 Å². The molecule has 23 heavy (non-hydrogen) atoms. The van der Waals surface area contributed by atoms with Crippen LogP contribution in [-0.2, 0) is 20.4 Å². The Morgan fingerprint density at radius 2 is 2.17 bits per heavy atom. The van der Waals surface area contributed by atoms with Crippen LogP contribution in [0, 0.1) is 5.92 Å². The third-order valence-corrected chi connectivity index (χ3v) is 6.18. The van der Waals surface area contributed by atoms with Crippen LogP contribution in [0.4, 0.5) is 0 Å². The lowest BCUT2D eigenvalue weighted by atomic mass is 9.98. The molecule has 1 aromatic rings. The van der Waals surface area contributed by atoms with Gasteiger partial charge in [-0.2, -0.15) is 5.10 Å². The fraction of sp³-hybridized carbons (Fsp3) is 0.733. The summed E-state index contributed by atoms with van der Waals surface area (Å²) in [6.07, 6.45) is 5.02. The van der Waals surface area contributed by atoms with Crippen molar-refractivity contribution in [2.24, 2.45) is 5.92 Å². The van der Waals surface area contributed by atoms with Crippen LogP contribution < -0.4 is 5.32 Å². The van der Waals surface area contributed by atoms with Crippen LogP contribution in [0.1, 0.15) is 33.6 Å². The Morgan fingerprint density at radius 3 is 2.78 bits per heavy atom. The molecular weight excluding hydrogens is 316 g/mol. The zero-order valence-corrected chi connectivity index (χ0v) is 14.8. The van der Waals surface area contributed by atoms with E-state index in [1.807, 2.05) is 30.8 Å². The molecule has 0 spiro atoms. The smallest absolute Gasteiger partial charge is 0.224 e. The zero-order valence-electron chi connectivity index (χ0n) is 14.0. The number of hydrogen-bond donors (Lipinski definition) is 1. The van der Waals surface area contributed by atoms with E-state index in [9.17, 15) is 13.2 Å². The summed E-state index contributed by atoms with van der Waals surface area (Å²) in [5.41, 5.74) is -0.330. The molecule has 7 nitrogen and oxygen atoms in total. The van der Waals surface area contributed by atoms with Gasteiger partial charge in [0.2, 0.25) is 15.9 Å². The van der Waals surface area contributed by atoms with Crippen LogP contribution in [0.15, 0.2) is 18.5 Å². The molecule has 0 aromatic carbocycles. The van der Waals surface area contributed by atoms with Crippen molar-refractivity contribution in [3.63, 3.8) is 0 Å². The molecule has 1 aliphatic heterocycles. The highest BCUT2D eigenvalue weighted by atomic mass is 32.2. The average Bonchev–Trinajstić information content (AvgIpc) is 3.08. The highest BCUT2D eigenvalue weighted by molar-refractivity contribution is 7.89. The van der Waals surface area contributed by atoms with Gasteiger partial charge in [-0.25, -0.2) is 12.7 Å². The molecule has 2 rings (SSSR count). The second-order valence-corrected chi connectivity index (χ2v) is 8.84. The van der Waals surface area contributed by atoms with Crippen molar-refractivity contribution < 1.29 is 13.2 Å². The molecule has 8 heteroatoms. The summed E-state index contributed by atoms with van der Waals surface area (Å²) < 4.78 is 27.2. The molecule has 1 N–H and O–H groups in total. The van der Waals surface area contributed by atoms with Crippen LogP contribution in [0.25, 0.3) is 0 Å². The minimum atomic E-state index is -3.23. The Kier molecular flexibility index (Phi) is 5.46. The number of carbonyl (C=O) groups is 1. The Morgan fingerprint density at radius 1 is 1.43 bits per heavy atom. The van der Waals surface area contributed by atoms with E-state index < -0.39 is 10.0 Å². The number of carbonyl (C=O) groups excluding carboxylic acids is 1. The number of hydrogen-bond acceptors (Lipinski definition) is 4. The van der Waals surface area contributed by atoms with Crippen molar-refractivity contribution in [2.75, 3.05) is 25.4 Å². The minimum Gasteiger partial charge on any atom is -0.353 e. The van der Waals surface area contributed by atoms with Crippen LogP contribution in [0.3, 0.4) is 0 Å². The van der Waals surface area contributed by atoms with Gasteiger partial charge < -0.3 is 5.32 Å². The molecule has 1 aromatic heterocycles. The number of sulfonamides is 1. The maximum absolute atomic E-state index is 12.4. The van der Waals surface area contributed by atoms with Gasteiger partial charge in [-0.05, 0) is 39.7 Å². The summed E-state index contributed by atoms with van der Waals surface area (Å²) in [6, 6.07) is 1.85. The van der Waals surface area contributed by atoms with Crippen LogP contribution in [0.2, 0.25) is 0 Å². The number of nitrogens with one attached hydrogen (secondary N) is 1. The van der Waals surface area contributed by atoms with E-state index in [0.29, 0.717) is 13.1 Å². The second-order valence-electron chi connectivity index (χ2n) is 6.58. The molecule has 1 fully saturated rings. The summed E-state index contributed by atoms with van der Waals surface area (Å²) in [7, 11) is -3.23. The number of amides is 1. The first-order chi connectivity index (χ1) is 10.8. The van der Waals surface area contributed by atoms with Crippen LogP contribution >= 0.6 is 0 Å². The fourth-order valence-electron chi connectivity index (χ4n) is 2.75. The Balaban J connectivity index is 1.93. The van der Waals surface area contributed by atoms with Crippen molar-refractivity contribution in [3.8, 4) is 0 Å². The highest BCUT2D eigenvalue weighted by Gasteiger charge is 2.32. The fourth-order valence-corrected chi connectivity index (χ4v) is 3.93. The van der Waals surface area contributed by atoms with E-state index in [0.717, 1.165) is 12.8 Å². The second kappa shape index (κ2) is 7.00. The zero-order chi connectivity index (χ0) is 17.1. The van der Waals surface area contributed by atoms with Crippen molar-refractivity contribution in [2.45, 2.75) is 39.2 Å². The molecule has 0 bridgehead atoms. The number of piperidine rings is 1. The molecule has 0 saturated carbocycles. The van der Waals surface area contributed by atoms with Gasteiger partial charge in [0, 0.05) is 32.0 Å². The summed E-state index contributed by atoms with van der Waals surface area (Å²) in [4.78, 5) is 12.4. The predicted octanol–water partition coefficient (Wildman–Crippen LogP) is 0.796. The van der Waals surface area contributed by atoms with E-state index in [2.05, 4.69) is 10.4 Å². The molecule has 1 unspecified atom stereocenters. The molecule has 1 atom stereocenters. The van der Waals surface area contributed by atoms with E-state index in [-0.39, 0.29) is 29.7 Å². The first kappa shape index (κ1) is 17.9. The molecule has 1 aliphatic rings.